The molecule has 2 aliphatic rings. The number of hydrogen-bond acceptors (Lipinski definition) is 8. The molecule has 11 heteroatoms. The molecule has 1 fully saturated rings. The molecule has 45 heavy (non-hydrogen) atoms. The smallest absolute Gasteiger partial charge is 0.408 e. The van der Waals surface area contributed by atoms with Gasteiger partial charge in [0.15, 0.2) is 0 Å². The van der Waals surface area contributed by atoms with Crippen LogP contribution in [0.25, 0.3) is 22.0 Å². The highest BCUT2D eigenvalue weighted by Crippen LogP contribution is 2.33. The predicted molar refractivity (Wildman–Crippen MR) is 168 cm³/mol. The molecule has 0 aliphatic carbocycles. The van der Waals surface area contributed by atoms with E-state index in [9.17, 15) is 19.6 Å². The van der Waals surface area contributed by atoms with Gasteiger partial charge in [-0.3, -0.25) is 14.6 Å². The second-order valence-electron chi connectivity index (χ2n) is 13.6. The van der Waals surface area contributed by atoms with Gasteiger partial charge in [-0.2, -0.15) is 5.26 Å². The van der Waals surface area contributed by atoms with Crippen LogP contribution in [0.1, 0.15) is 58.6 Å². The minimum absolute atomic E-state index is 0.140. The lowest BCUT2D eigenvalue weighted by Gasteiger charge is -2.35. The van der Waals surface area contributed by atoms with Gasteiger partial charge < -0.3 is 24.1 Å². The first-order valence-electron chi connectivity index (χ1n) is 15.2. The molecule has 3 aromatic rings. The van der Waals surface area contributed by atoms with Crippen molar-refractivity contribution < 1.29 is 28.6 Å². The van der Waals surface area contributed by atoms with Gasteiger partial charge in [-0.05, 0) is 68.5 Å². The molecule has 2 aromatic carbocycles. The highest BCUT2D eigenvalue weighted by molar-refractivity contribution is 5.91. The number of esters is 1. The average Bonchev–Trinajstić information content (AvgIpc) is 3.33. The van der Waals surface area contributed by atoms with E-state index in [-0.39, 0.29) is 13.0 Å². The van der Waals surface area contributed by atoms with Crippen LogP contribution in [0.5, 0.6) is 5.75 Å². The molecule has 2 amide bonds. The SMILES string of the molecule is COc1cc2cc(c1)-c1ccc3c(C#N)cn(c3c1)CC(C)(C)COC(=O)[C@@H]1CCCN(N1)C(=O)[C@@H](NC(=O)OC(C)(C)C)C2. The Kier molecular flexibility index (Phi) is 8.81. The number of rotatable bonds is 2. The number of ether oxygens (including phenoxy) is 3. The van der Waals surface area contributed by atoms with Crippen LogP contribution >= 0.6 is 0 Å². The number of amides is 2. The van der Waals surface area contributed by atoms with E-state index in [0.717, 1.165) is 27.6 Å². The Balaban J connectivity index is 1.62. The maximum atomic E-state index is 14.0. The fourth-order valence-electron chi connectivity index (χ4n) is 5.82. The van der Waals surface area contributed by atoms with Crippen molar-refractivity contribution in [2.24, 2.45) is 5.41 Å². The number of fused-ring (bicyclic) bond motifs is 6. The molecule has 0 spiro atoms. The van der Waals surface area contributed by atoms with Crippen LogP contribution in [-0.4, -0.2) is 65.5 Å². The third-order valence-corrected chi connectivity index (χ3v) is 7.91. The van der Waals surface area contributed by atoms with E-state index in [1.54, 1.807) is 27.9 Å². The molecule has 0 unspecified atom stereocenters. The van der Waals surface area contributed by atoms with Gasteiger partial charge in [-0.25, -0.2) is 10.2 Å². The van der Waals surface area contributed by atoms with E-state index in [1.807, 2.05) is 61.0 Å². The van der Waals surface area contributed by atoms with Crippen molar-refractivity contribution in [3.8, 4) is 22.9 Å². The van der Waals surface area contributed by atoms with E-state index < -0.39 is 41.1 Å². The van der Waals surface area contributed by atoms with Gasteiger partial charge in [0.25, 0.3) is 5.91 Å². The van der Waals surface area contributed by atoms with Crippen molar-refractivity contribution in [1.29, 1.82) is 5.26 Å². The van der Waals surface area contributed by atoms with Gasteiger partial charge in [-0.1, -0.05) is 32.0 Å². The van der Waals surface area contributed by atoms with Gasteiger partial charge in [0.05, 0.1) is 24.8 Å². The standard InChI is InChI=1S/C34H41N5O6/c1-33(2,3)45-32(42)36-28-14-21-12-23(15-25(13-21)43-6)22-9-10-26-24(17-35)18-38(29(26)16-22)19-34(4,5)20-44-31(41)27-8-7-11-39(37-27)30(28)40/h9-10,12-13,15-16,18,27-28,37H,7-8,11,14,19-20H2,1-6H3,(H,36,42)/t27-,28-/m0/s1. The van der Waals surface area contributed by atoms with Crippen molar-refractivity contribution in [3.63, 3.8) is 0 Å². The number of carbonyl (C=O) groups excluding carboxylic acids is 3. The molecule has 5 rings (SSSR count). The molecule has 3 heterocycles. The summed E-state index contributed by atoms with van der Waals surface area (Å²) >= 11 is 0. The molecule has 238 valence electrons. The Morgan fingerprint density at radius 2 is 1.93 bits per heavy atom. The quantitative estimate of drug-likeness (QED) is 0.396. The second kappa shape index (κ2) is 12.4. The average molecular weight is 616 g/mol. The molecule has 0 saturated carbocycles. The fourth-order valence-corrected chi connectivity index (χ4v) is 5.82. The monoisotopic (exact) mass is 615 g/mol. The number of carbonyl (C=O) groups is 3. The number of nitrogens with one attached hydrogen (secondary N) is 2. The number of aromatic nitrogens is 1. The van der Waals surface area contributed by atoms with Crippen LogP contribution in [0, 0.1) is 16.7 Å². The second-order valence-corrected chi connectivity index (χ2v) is 13.6. The Morgan fingerprint density at radius 1 is 1.16 bits per heavy atom. The molecule has 1 aromatic heterocycles. The predicted octanol–water partition coefficient (Wildman–Crippen LogP) is 4.70. The summed E-state index contributed by atoms with van der Waals surface area (Å²) in [5, 5.41) is 14.9. The topological polar surface area (TPSA) is 135 Å². The number of hydrazine groups is 1. The highest BCUT2D eigenvalue weighted by Gasteiger charge is 2.35. The number of benzene rings is 2. The summed E-state index contributed by atoms with van der Waals surface area (Å²) in [5.74, 6) is -0.255. The summed E-state index contributed by atoms with van der Waals surface area (Å²) in [4.78, 5) is 40.1. The lowest BCUT2D eigenvalue weighted by atomic mass is 9.94. The maximum absolute atomic E-state index is 14.0. The first-order chi connectivity index (χ1) is 21.2. The minimum atomic E-state index is -1.00. The van der Waals surface area contributed by atoms with Gasteiger partial charge in [0.1, 0.15) is 29.5 Å². The van der Waals surface area contributed by atoms with Crippen molar-refractivity contribution in [2.45, 2.75) is 78.1 Å². The Bertz CT molecular complexity index is 1660. The molecular formula is C34H41N5O6. The Hall–Kier alpha value is -4.56. The van der Waals surface area contributed by atoms with Crippen LogP contribution in [0.3, 0.4) is 0 Å². The minimum Gasteiger partial charge on any atom is -0.497 e. The molecule has 11 nitrogen and oxygen atoms in total. The zero-order valence-electron chi connectivity index (χ0n) is 26.7. The van der Waals surface area contributed by atoms with Gasteiger partial charge in [-0.15, -0.1) is 0 Å². The third kappa shape index (κ3) is 7.40. The zero-order valence-corrected chi connectivity index (χ0v) is 26.7. The van der Waals surface area contributed by atoms with Gasteiger partial charge >= 0.3 is 12.1 Å². The molecule has 6 bridgehead atoms. The summed E-state index contributed by atoms with van der Waals surface area (Å²) in [6.07, 6.45) is 2.34. The number of alkyl carbamates (subject to hydrolysis) is 1. The van der Waals surface area contributed by atoms with E-state index in [1.165, 1.54) is 5.01 Å². The van der Waals surface area contributed by atoms with E-state index >= 15 is 0 Å². The number of nitriles is 1. The molecule has 0 radical (unpaired) electrons. The van der Waals surface area contributed by atoms with Crippen LogP contribution < -0.4 is 15.5 Å². The molecule has 2 N–H and O–H groups in total. The van der Waals surface area contributed by atoms with Crippen molar-refractivity contribution in [3.05, 3.63) is 53.7 Å². The Labute approximate surface area is 263 Å². The number of hydrogen-bond donors (Lipinski definition) is 2. The van der Waals surface area contributed by atoms with Crippen molar-refractivity contribution >= 4 is 28.9 Å². The number of methoxy groups -OCH3 is 1. The normalized spacial score (nSPS) is 20.5. The summed E-state index contributed by atoms with van der Waals surface area (Å²) in [6, 6.07) is 12.2. The summed E-state index contributed by atoms with van der Waals surface area (Å²) in [5.41, 5.74) is 5.74. The largest absolute Gasteiger partial charge is 0.497 e. The third-order valence-electron chi connectivity index (χ3n) is 7.91. The molecule has 1 saturated heterocycles. The summed E-state index contributed by atoms with van der Waals surface area (Å²) in [6.45, 7) is 10.3. The summed E-state index contributed by atoms with van der Waals surface area (Å²) in [7, 11) is 1.58. The number of nitrogens with zero attached hydrogens (tertiary/aromatic N) is 3. The van der Waals surface area contributed by atoms with Crippen LogP contribution in [0.4, 0.5) is 4.79 Å². The van der Waals surface area contributed by atoms with E-state index in [0.29, 0.717) is 37.2 Å². The van der Waals surface area contributed by atoms with Crippen molar-refractivity contribution in [1.82, 2.24) is 20.3 Å². The first kappa shape index (κ1) is 31.9. The number of cyclic esters (lactones) is 1. The van der Waals surface area contributed by atoms with E-state index in [4.69, 9.17) is 14.2 Å². The van der Waals surface area contributed by atoms with Crippen LogP contribution in [0.2, 0.25) is 0 Å². The summed E-state index contributed by atoms with van der Waals surface area (Å²) < 4.78 is 19.0. The first-order valence-corrected chi connectivity index (χ1v) is 15.2. The zero-order chi connectivity index (χ0) is 32.5. The molecule has 2 atom stereocenters. The van der Waals surface area contributed by atoms with E-state index in [2.05, 4.69) is 16.8 Å². The molecule has 2 aliphatic heterocycles. The lowest BCUT2D eigenvalue weighted by molar-refractivity contribution is -0.155. The fraction of sp³-hybridized carbons (Fsp3) is 0.471. The lowest BCUT2D eigenvalue weighted by Crippen LogP contribution is -2.60. The maximum Gasteiger partial charge on any atom is 0.408 e. The van der Waals surface area contributed by atoms with Crippen LogP contribution in [-0.2, 0) is 32.0 Å². The van der Waals surface area contributed by atoms with Crippen LogP contribution in [0.15, 0.2) is 42.6 Å². The van der Waals surface area contributed by atoms with Gasteiger partial charge in [0.2, 0.25) is 0 Å². The Morgan fingerprint density at radius 3 is 2.64 bits per heavy atom. The molecular weight excluding hydrogens is 574 g/mol. The van der Waals surface area contributed by atoms with Crippen molar-refractivity contribution in [2.75, 3.05) is 20.3 Å². The van der Waals surface area contributed by atoms with Gasteiger partial charge in [0, 0.05) is 36.5 Å². The highest BCUT2D eigenvalue weighted by atomic mass is 16.6.